The van der Waals surface area contributed by atoms with Gasteiger partial charge in [-0.05, 0) is 30.9 Å². The molecule has 2 rings (SSSR count). The maximum Gasteiger partial charge on any atom is 0.190 e. The van der Waals surface area contributed by atoms with Crippen LogP contribution in [0, 0.1) is 5.92 Å². The average Bonchev–Trinajstić information content (AvgIpc) is 3.04. The Bertz CT molecular complexity index is 410. The number of rotatable bonds is 7. The Kier molecular flexibility index (Phi) is 7.05. The van der Waals surface area contributed by atoms with E-state index in [-0.39, 0.29) is 0 Å². The predicted octanol–water partition coefficient (Wildman–Crippen LogP) is 2.76. The second-order valence-electron chi connectivity index (χ2n) is 5.79. The topological polar surface area (TPSA) is 49.3 Å². The van der Waals surface area contributed by atoms with Crippen molar-refractivity contribution in [1.29, 1.82) is 0 Å². The molecule has 0 atom stereocenters. The molecule has 0 unspecified atom stereocenters. The van der Waals surface area contributed by atoms with E-state index in [1.165, 1.54) is 38.5 Å². The summed E-state index contributed by atoms with van der Waals surface area (Å²) in [5.74, 6) is 1.88. The first-order chi connectivity index (χ1) is 10.4. The minimum absolute atomic E-state index is 0.860. The lowest BCUT2D eigenvalue weighted by molar-refractivity contribution is 0.481. The Labute approximate surface area is 128 Å². The van der Waals surface area contributed by atoms with E-state index in [0.717, 1.165) is 37.1 Å². The molecule has 0 saturated heterocycles. The molecule has 1 aromatic rings. The lowest BCUT2D eigenvalue weighted by atomic mass is 10.0. The van der Waals surface area contributed by atoms with Gasteiger partial charge in [0.15, 0.2) is 5.96 Å². The van der Waals surface area contributed by atoms with E-state index in [0.29, 0.717) is 0 Å². The molecule has 21 heavy (non-hydrogen) atoms. The highest BCUT2D eigenvalue weighted by Gasteiger charge is 2.13. The summed E-state index contributed by atoms with van der Waals surface area (Å²) >= 11 is 0. The number of aliphatic imine (C=N–C) groups is 1. The van der Waals surface area contributed by atoms with Crippen LogP contribution in [-0.4, -0.2) is 31.1 Å². The zero-order valence-electron chi connectivity index (χ0n) is 13.1. The third-order valence-electron chi connectivity index (χ3n) is 4.18. The van der Waals surface area contributed by atoms with Crippen LogP contribution in [0.3, 0.4) is 0 Å². The Morgan fingerprint density at radius 2 is 2.05 bits per heavy atom. The smallest absolute Gasteiger partial charge is 0.190 e. The molecule has 1 aliphatic carbocycles. The lowest BCUT2D eigenvalue weighted by Crippen LogP contribution is -2.38. The molecule has 1 aliphatic rings. The molecule has 1 aromatic heterocycles. The zero-order chi connectivity index (χ0) is 14.8. The summed E-state index contributed by atoms with van der Waals surface area (Å²) in [7, 11) is 1.83. The van der Waals surface area contributed by atoms with Crippen molar-refractivity contribution in [2.45, 2.75) is 44.9 Å². The van der Waals surface area contributed by atoms with Gasteiger partial charge in [0.25, 0.3) is 0 Å². The van der Waals surface area contributed by atoms with E-state index in [9.17, 15) is 0 Å². The van der Waals surface area contributed by atoms with Crippen LogP contribution in [0.15, 0.2) is 29.4 Å². The largest absolute Gasteiger partial charge is 0.356 e. The van der Waals surface area contributed by atoms with Crippen molar-refractivity contribution < 1.29 is 0 Å². The van der Waals surface area contributed by atoms with Gasteiger partial charge in [0, 0.05) is 38.4 Å². The van der Waals surface area contributed by atoms with E-state index in [1.807, 2.05) is 25.4 Å². The van der Waals surface area contributed by atoms with Gasteiger partial charge >= 0.3 is 0 Å². The minimum Gasteiger partial charge on any atom is -0.356 e. The molecule has 116 valence electrons. The Balaban J connectivity index is 1.55. The summed E-state index contributed by atoms with van der Waals surface area (Å²) in [6.07, 6.45) is 11.1. The summed E-state index contributed by atoms with van der Waals surface area (Å²) in [5.41, 5.74) is 1.11. The number of aromatic nitrogens is 1. The average molecular weight is 288 g/mol. The van der Waals surface area contributed by atoms with Crippen LogP contribution in [0.5, 0.6) is 0 Å². The summed E-state index contributed by atoms with van der Waals surface area (Å²) in [4.78, 5) is 8.58. The molecule has 0 spiro atoms. The number of guanidine groups is 1. The molecule has 0 aliphatic heterocycles. The monoisotopic (exact) mass is 288 g/mol. The number of nitrogens with one attached hydrogen (secondary N) is 2. The minimum atomic E-state index is 0.860. The highest BCUT2D eigenvalue weighted by Crippen LogP contribution is 2.28. The summed E-state index contributed by atoms with van der Waals surface area (Å²) in [6.45, 7) is 1.87. The van der Waals surface area contributed by atoms with Gasteiger partial charge in [0.2, 0.25) is 0 Å². The molecular formula is C17H28N4. The van der Waals surface area contributed by atoms with Crippen LogP contribution < -0.4 is 10.6 Å². The van der Waals surface area contributed by atoms with E-state index < -0.39 is 0 Å². The molecule has 4 heteroatoms. The van der Waals surface area contributed by atoms with Crippen molar-refractivity contribution in [3.8, 4) is 0 Å². The molecule has 0 bridgehead atoms. The molecule has 4 nitrogen and oxygen atoms in total. The van der Waals surface area contributed by atoms with E-state index in [4.69, 9.17) is 0 Å². The number of hydrogen-bond donors (Lipinski definition) is 2. The lowest BCUT2D eigenvalue weighted by Gasteiger charge is -2.13. The zero-order valence-corrected chi connectivity index (χ0v) is 13.1. The molecular weight excluding hydrogens is 260 g/mol. The molecule has 1 heterocycles. The van der Waals surface area contributed by atoms with Gasteiger partial charge in [-0.1, -0.05) is 31.7 Å². The Morgan fingerprint density at radius 3 is 2.76 bits per heavy atom. The fourth-order valence-corrected chi connectivity index (χ4v) is 2.97. The molecule has 2 N–H and O–H groups in total. The van der Waals surface area contributed by atoms with Gasteiger partial charge in [0.05, 0.1) is 0 Å². The Hall–Kier alpha value is -1.58. The third-order valence-corrected chi connectivity index (χ3v) is 4.18. The second-order valence-corrected chi connectivity index (χ2v) is 5.79. The van der Waals surface area contributed by atoms with E-state index >= 15 is 0 Å². The van der Waals surface area contributed by atoms with Crippen molar-refractivity contribution in [2.75, 3.05) is 20.1 Å². The van der Waals surface area contributed by atoms with Gasteiger partial charge in [-0.15, -0.1) is 0 Å². The third kappa shape index (κ3) is 6.15. The van der Waals surface area contributed by atoms with Gasteiger partial charge < -0.3 is 10.6 Å². The first-order valence-corrected chi connectivity index (χ1v) is 8.23. The number of nitrogens with zero attached hydrogens (tertiary/aromatic N) is 2. The van der Waals surface area contributed by atoms with E-state index in [1.54, 1.807) is 0 Å². The van der Waals surface area contributed by atoms with Crippen LogP contribution in [0.1, 0.15) is 44.2 Å². The van der Waals surface area contributed by atoms with Crippen LogP contribution in [0.25, 0.3) is 0 Å². The van der Waals surface area contributed by atoms with Gasteiger partial charge in [-0.25, -0.2) is 0 Å². The highest BCUT2D eigenvalue weighted by atomic mass is 15.2. The molecule has 0 aromatic carbocycles. The fraction of sp³-hybridized carbons (Fsp3) is 0.647. The Morgan fingerprint density at radius 1 is 1.24 bits per heavy atom. The second kappa shape index (κ2) is 9.37. The summed E-state index contributed by atoms with van der Waals surface area (Å²) in [6, 6.07) is 6.03. The van der Waals surface area contributed by atoms with Crippen LogP contribution in [0.4, 0.5) is 0 Å². The van der Waals surface area contributed by atoms with Crippen LogP contribution in [-0.2, 0) is 6.42 Å². The maximum atomic E-state index is 4.32. The molecule has 1 fully saturated rings. The van der Waals surface area contributed by atoms with Crippen molar-refractivity contribution in [3.05, 3.63) is 30.1 Å². The van der Waals surface area contributed by atoms with Gasteiger partial charge in [-0.2, -0.15) is 0 Å². The van der Waals surface area contributed by atoms with Crippen LogP contribution >= 0.6 is 0 Å². The molecule has 0 amide bonds. The maximum absolute atomic E-state index is 4.32. The first-order valence-electron chi connectivity index (χ1n) is 8.23. The standard InChI is InChI=1S/C17H28N4/c1-18-17(20-13-6-9-15-7-2-3-8-15)21-14-11-16-10-4-5-12-19-16/h4-5,10,12,15H,2-3,6-9,11,13-14H2,1H3,(H2,18,20,21). The molecule has 1 saturated carbocycles. The highest BCUT2D eigenvalue weighted by molar-refractivity contribution is 5.79. The quantitative estimate of drug-likeness (QED) is 0.461. The van der Waals surface area contributed by atoms with Crippen molar-refractivity contribution >= 4 is 5.96 Å². The normalized spacial score (nSPS) is 16.1. The first kappa shape index (κ1) is 15.8. The number of pyridine rings is 1. The number of hydrogen-bond acceptors (Lipinski definition) is 2. The van der Waals surface area contributed by atoms with Crippen LogP contribution in [0.2, 0.25) is 0 Å². The predicted molar refractivity (Wildman–Crippen MR) is 88.5 cm³/mol. The van der Waals surface area contributed by atoms with Gasteiger partial charge in [-0.3, -0.25) is 9.98 Å². The van der Waals surface area contributed by atoms with Gasteiger partial charge in [0.1, 0.15) is 0 Å². The SMILES string of the molecule is CN=C(NCCCC1CCCC1)NCCc1ccccn1. The molecule has 0 radical (unpaired) electrons. The summed E-state index contributed by atoms with van der Waals surface area (Å²) < 4.78 is 0. The summed E-state index contributed by atoms with van der Waals surface area (Å²) in [5, 5.41) is 6.74. The fourth-order valence-electron chi connectivity index (χ4n) is 2.97. The van der Waals surface area contributed by atoms with Crippen molar-refractivity contribution in [2.24, 2.45) is 10.9 Å². The van der Waals surface area contributed by atoms with Crippen molar-refractivity contribution in [3.63, 3.8) is 0 Å². The van der Waals surface area contributed by atoms with Crippen molar-refractivity contribution in [1.82, 2.24) is 15.6 Å². The van der Waals surface area contributed by atoms with E-state index in [2.05, 4.69) is 26.7 Å².